The molecule has 0 amide bonds. The molecule has 1 aliphatic heterocycles. The number of hydrogen-bond donors (Lipinski definition) is 0. The van der Waals surface area contributed by atoms with E-state index in [0.717, 1.165) is 6.61 Å². The number of likely N-dealkylation sites (tertiary alicyclic amines) is 1. The fourth-order valence-electron chi connectivity index (χ4n) is 3.76. The van der Waals surface area contributed by atoms with Gasteiger partial charge in [0.2, 0.25) is 0 Å². The molecule has 2 heteroatoms. The first-order chi connectivity index (χ1) is 10.7. The lowest BCUT2D eigenvalue weighted by molar-refractivity contribution is -0.942. The van der Waals surface area contributed by atoms with Crippen molar-refractivity contribution < 1.29 is 9.22 Å². The van der Waals surface area contributed by atoms with Crippen LogP contribution in [0.4, 0.5) is 0 Å². The monoisotopic (exact) mass is 304 g/mol. The topological polar surface area (TPSA) is 9.23 Å². The number of rotatable bonds is 8. The fraction of sp³-hybridized carbons (Fsp3) is 0.700. The average molecular weight is 304 g/mol. The van der Waals surface area contributed by atoms with Crippen LogP contribution in [0.2, 0.25) is 0 Å². The van der Waals surface area contributed by atoms with Crippen LogP contribution < -0.4 is 0 Å². The molecule has 1 fully saturated rings. The first-order valence-electron chi connectivity index (χ1n) is 9.25. The zero-order valence-electron chi connectivity index (χ0n) is 14.6. The molecule has 1 atom stereocenters. The molecular formula is C20H34NO+. The molecule has 0 bridgehead atoms. The minimum Gasteiger partial charge on any atom is -0.373 e. The Labute approximate surface area is 137 Å². The van der Waals surface area contributed by atoms with Crippen LogP contribution >= 0.6 is 0 Å². The van der Waals surface area contributed by atoms with E-state index in [0.29, 0.717) is 6.10 Å². The Kier molecular flexibility index (Phi) is 7.41. The summed E-state index contributed by atoms with van der Waals surface area (Å²) in [5.74, 6) is 0. The summed E-state index contributed by atoms with van der Waals surface area (Å²) in [6.45, 7) is 10.4. The molecule has 1 saturated heterocycles. The molecule has 124 valence electrons. The van der Waals surface area contributed by atoms with Crippen LogP contribution in [0.15, 0.2) is 30.3 Å². The highest BCUT2D eigenvalue weighted by Gasteiger charge is 2.31. The Morgan fingerprint density at radius 2 is 1.73 bits per heavy atom. The molecule has 1 unspecified atom stereocenters. The van der Waals surface area contributed by atoms with Crippen molar-refractivity contribution in [3.63, 3.8) is 0 Å². The van der Waals surface area contributed by atoms with Gasteiger partial charge in [0.05, 0.1) is 13.1 Å². The zero-order valence-corrected chi connectivity index (χ0v) is 14.6. The summed E-state index contributed by atoms with van der Waals surface area (Å²) in [5.41, 5.74) is 1.48. The van der Waals surface area contributed by atoms with Crippen LogP contribution in [-0.2, 0) is 11.3 Å². The van der Waals surface area contributed by atoms with Crippen molar-refractivity contribution in [2.45, 2.75) is 65.0 Å². The van der Waals surface area contributed by atoms with Crippen molar-refractivity contribution >= 4 is 0 Å². The second-order valence-corrected chi connectivity index (χ2v) is 7.06. The van der Waals surface area contributed by atoms with Gasteiger partial charge in [-0.15, -0.1) is 0 Å². The molecule has 0 spiro atoms. The number of benzene rings is 1. The lowest BCUT2D eigenvalue weighted by atomic mass is 10.1. The molecule has 0 aromatic heterocycles. The average Bonchev–Trinajstić information content (AvgIpc) is 2.74. The van der Waals surface area contributed by atoms with E-state index in [1.807, 2.05) is 0 Å². The summed E-state index contributed by atoms with van der Waals surface area (Å²) in [5, 5.41) is 0. The van der Waals surface area contributed by atoms with Crippen LogP contribution in [0.1, 0.15) is 57.9 Å². The first kappa shape index (κ1) is 17.5. The van der Waals surface area contributed by atoms with E-state index < -0.39 is 0 Å². The molecule has 1 aromatic rings. The van der Waals surface area contributed by atoms with Gasteiger partial charge in [-0.05, 0) is 39.0 Å². The molecule has 2 nitrogen and oxygen atoms in total. The van der Waals surface area contributed by atoms with E-state index >= 15 is 0 Å². The van der Waals surface area contributed by atoms with Gasteiger partial charge in [0.1, 0.15) is 19.2 Å². The minimum absolute atomic E-state index is 0.369. The largest absolute Gasteiger partial charge is 0.373 e. The summed E-state index contributed by atoms with van der Waals surface area (Å²) in [6, 6.07) is 11.0. The third kappa shape index (κ3) is 5.73. The molecule has 0 radical (unpaired) electrons. The number of nitrogens with zero attached hydrogens (tertiary/aromatic N) is 1. The van der Waals surface area contributed by atoms with Gasteiger partial charge in [-0.2, -0.15) is 0 Å². The minimum atomic E-state index is 0.369. The molecule has 0 N–H and O–H groups in total. The lowest BCUT2D eigenvalue weighted by Crippen LogP contribution is -2.52. The Balaban J connectivity index is 2.01. The second-order valence-electron chi connectivity index (χ2n) is 7.06. The van der Waals surface area contributed by atoms with Gasteiger partial charge in [-0.25, -0.2) is 0 Å². The molecule has 1 aliphatic rings. The maximum Gasteiger partial charge on any atom is 0.105 e. The highest BCUT2D eigenvalue weighted by atomic mass is 16.5. The Morgan fingerprint density at radius 1 is 1.05 bits per heavy atom. The molecule has 1 heterocycles. The number of ether oxygens (including phenoxy) is 1. The SMILES string of the molecule is CCCCOC(C)C[N+]1(Cc2ccccc2)CCCCCC1. The molecule has 0 saturated carbocycles. The van der Waals surface area contributed by atoms with Crippen LogP contribution in [-0.4, -0.2) is 36.8 Å². The second kappa shape index (κ2) is 9.32. The predicted octanol–water partition coefficient (Wildman–Crippen LogP) is 4.78. The standard InChI is InChI=1S/C20H34NO/c1-3-4-16-22-19(2)17-21(14-10-5-6-11-15-21)18-20-12-8-7-9-13-20/h7-9,12-13,19H,3-6,10-11,14-18H2,1-2H3/q+1. The molecular weight excluding hydrogens is 270 g/mol. The Hall–Kier alpha value is -0.860. The number of hydrogen-bond acceptors (Lipinski definition) is 1. The predicted molar refractivity (Wildman–Crippen MR) is 93.8 cm³/mol. The molecule has 2 rings (SSSR count). The van der Waals surface area contributed by atoms with Gasteiger partial charge < -0.3 is 9.22 Å². The third-order valence-corrected chi connectivity index (χ3v) is 4.92. The summed E-state index contributed by atoms with van der Waals surface area (Å²) < 4.78 is 7.29. The van der Waals surface area contributed by atoms with Crippen molar-refractivity contribution in [3.05, 3.63) is 35.9 Å². The van der Waals surface area contributed by atoms with E-state index in [2.05, 4.69) is 44.2 Å². The van der Waals surface area contributed by atoms with Crippen LogP contribution in [0, 0.1) is 0 Å². The van der Waals surface area contributed by atoms with Gasteiger partial charge in [0.15, 0.2) is 0 Å². The quantitative estimate of drug-likeness (QED) is 0.496. The zero-order chi connectivity index (χ0) is 15.7. The van der Waals surface area contributed by atoms with E-state index in [9.17, 15) is 0 Å². The van der Waals surface area contributed by atoms with Crippen LogP contribution in [0.5, 0.6) is 0 Å². The smallest absolute Gasteiger partial charge is 0.105 e. The maximum atomic E-state index is 6.07. The highest BCUT2D eigenvalue weighted by molar-refractivity contribution is 5.13. The van der Waals surface area contributed by atoms with E-state index in [1.54, 1.807) is 0 Å². The van der Waals surface area contributed by atoms with Gasteiger partial charge in [-0.3, -0.25) is 0 Å². The summed E-state index contributed by atoms with van der Waals surface area (Å²) in [6.07, 6.45) is 8.32. The van der Waals surface area contributed by atoms with E-state index in [4.69, 9.17) is 4.74 Å². The number of unbranched alkanes of at least 4 members (excludes halogenated alkanes) is 1. The van der Waals surface area contributed by atoms with Crippen LogP contribution in [0.25, 0.3) is 0 Å². The maximum absolute atomic E-state index is 6.07. The highest BCUT2D eigenvalue weighted by Crippen LogP contribution is 2.23. The van der Waals surface area contributed by atoms with Gasteiger partial charge in [0.25, 0.3) is 0 Å². The van der Waals surface area contributed by atoms with Gasteiger partial charge in [0, 0.05) is 12.2 Å². The van der Waals surface area contributed by atoms with E-state index in [1.165, 1.54) is 74.8 Å². The van der Waals surface area contributed by atoms with Crippen molar-refractivity contribution in [1.82, 2.24) is 0 Å². The van der Waals surface area contributed by atoms with Crippen LogP contribution in [0.3, 0.4) is 0 Å². The lowest BCUT2D eigenvalue weighted by Gasteiger charge is -2.40. The third-order valence-electron chi connectivity index (χ3n) is 4.92. The molecule has 0 aliphatic carbocycles. The Bertz CT molecular complexity index is 395. The summed E-state index contributed by atoms with van der Waals surface area (Å²) in [7, 11) is 0. The van der Waals surface area contributed by atoms with Crippen molar-refractivity contribution in [2.75, 3.05) is 26.2 Å². The Morgan fingerprint density at radius 3 is 2.36 bits per heavy atom. The first-order valence-corrected chi connectivity index (χ1v) is 9.25. The summed E-state index contributed by atoms with van der Waals surface area (Å²) >= 11 is 0. The van der Waals surface area contributed by atoms with Crippen molar-refractivity contribution in [3.8, 4) is 0 Å². The fourth-order valence-corrected chi connectivity index (χ4v) is 3.76. The van der Waals surface area contributed by atoms with Crippen molar-refractivity contribution in [1.29, 1.82) is 0 Å². The van der Waals surface area contributed by atoms with Gasteiger partial charge >= 0.3 is 0 Å². The van der Waals surface area contributed by atoms with E-state index in [-0.39, 0.29) is 0 Å². The van der Waals surface area contributed by atoms with Gasteiger partial charge in [-0.1, -0.05) is 43.7 Å². The summed E-state index contributed by atoms with van der Waals surface area (Å²) in [4.78, 5) is 0. The van der Waals surface area contributed by atoms with Crippen molar-refractivity contribution in [2.24, 2.45) is 0 Å². The molecule has 1 aromatic carbocycles. The normalized spacial score (nSPS) is 19.5. The molecule has 22 heavy (non-hydrogen) atoms. The number of quaternary nitrogens is 1.